The van der Waals surface area contributed by atoms with Gasteiger partial charge in [0.2, 0.25) is 0 Å². The zero-order valence-corrected chi connectivity index (χ0v) is 9.34. The van der Waals surface area contributed by atoms with Gasteiger partial charge in [0.15, 0.2) is 0 Å². The van der Waals surface area contributed by atoms with Crippen LogP contribution in [0.4, 0.5) is 0 Å². The summed E-state index contributed by atoms with van der Waals surface area (Å²) in [5.74, 6) is 0.833. The van der Waals surface area contributed by atoms with E-state index >= 15 is 0 Å². The van der Waals surface area contributed by atoms with Gasteiger partial charge in [-0.05, 0) is 31.7 Å². The highest BCUT2D eigenvalue weighted by molar-refractivity contribution is 6.30. The van der Waals surface area contributed by atoms with Crippen molar-refractivity contribution in [2.45, 2.75) is 19.4 Å². The van der Waals surface area contributed by atoms with E-state index in [1.807, 2.05) is 31.3 Å². The maximum atomic E-state index is 5.85. The monoisotopic (exact) mass is 213 g/mol. The Labute approximate surface area is 90.2 Å². The molecular formula is C11H16ClNO. The number of hydrogen-bond donors (Lipinski definition) is 1. The topological polar surface area (TPSA) is 21.3 Å². The zero-order valence-electron chi connectivity index (χ0n) is 8.59. The Balaban J connectivity index is 2.57. The van der Waals surface area contributed by atoms with Gasteiger partial charge in [-0.3, -0.25) is 0 Å². The minimum Gasteiger partial charge on any atom is -0.489 e. The predicted octanol–water partition coefficient (Wildman–Crippen LogP) is 2.72. The number of rotatable bonds is 5. The molecule has 1 rings (SSSR count). The van der Waals surface area contributed by atoms with E-state index in [0.29, 0.717) is 5.02 Å². The molecule has 0 radical (unpaired) electrons. The summed E-state index contributed by atoms with van der Waals surface area (Å²) in [6.07, 6.45) is 1.19. The van der Waals surface area contributed by atoms with Crippen molar-refractivity contribution in [3.05, 3.63) is 29.3 Å². The highest BCUT2D eigenvalue weighted by Gasteiger charge is 2.06. The average molecular weight is 214 g/mol. The summed E-state index contributed by atoms with van der Waals surface area (Å²) < 4.78 is 5.74. The van der Waals surface area contributed by atoms with Crippen molar-refractivity contribution in [1.29, 1.82) is 0 Å². The van der Waals surface area contributed by atoms with Crippen LogP contribution in [0.25, 0.3) is 0 Å². The first-order valence-electron chi connectivity index (χ1n) is 4.83. The van der Waals surface area contributed by atoms with Gasteiger partial charge >= 0.3 is 0 Å². The van der Waals surface area contributed by atoms with Crippen LogP contribution in [0.15, 0.2) is 24.3 Å². The van der Waals surface area contributed by atoms with Crippen LogP contribution in [-0.2, 0) is 0 Å². The third-order valence-corrected chi connectivity index (χ3v) is 2.22. The van der Waals surface area contributed by atoms with Gasteiger partial charge in [-0.1, -0.05) is 24.6 Å². The standard InChI is InChI=1S/C11H16ClNO/c1-3-10(8-13-2)14-11-6-4-5-9(12)7-11/h4-7,10,13H,3,8H2,1-2H3. The Bertz CT molecular complexity index is 278. The second kappa shape index (κ2) is 5.89. The summed E-state index contributed by atoms with van der Waals surface area (Å²) in [5, 5.41) is 3.81. The molecule has 1 atom stereocenters. The minimum atomic E-state index is 0.207. The Morgan fingerprint density at radius 1 is 1.50 bits per heavy atom. The van der Waals surface area contributed by atoms with Crippen molar-refractivity contribution < 1.29 is 4.74 Å². The van der Waals surface area contributed by atoms with Crippen molar-refractivity contribution in [3.8, 4) is 5.75 Å². The number of halogens is 1. The molecule has 3 heteroatoms. The van der Waals surface area contributed by atoms with Crippen LogP contribution >= 0.6 is 11.6 Å². The Morgan fingerprint density at radius 3 is 2.86 bits per heavy atom. The van der Waals surface area contributed by atoms with Crippen molar-refractivity contribution in [3.63, 3.8) is 0 Å². The summed E-state index contributed by atoms with van der Waals surface area (Å²) in [5.41, 5.74) is 0. The van der Waals surface area contributed by atoms with Gasteiger partial charge < -0.3 is 10.1 Å². The van der Waals surface area contributed by atoms with Gasteiger partial charge in [-0.2, -0.15) is 0 Å². The smallest absolute Gasteiger partial charge is 0.121 e. The van der Waals surface area contributed by atoms with E-state index < -0.39 is 0 Å². The molecule has 0 heterocycles. The number of hydrogen-bond acceptors (Lipinski definition) is 2. The fraction of sp³-hybridized carbons (Fsp3) is 0.455. The Hall–Kier alpha value is -0.730. The van der Waals surface area contributed by atoms with Crippen LogP contribution in [0.1, 0.15) is 13.3 Å². The highest BCUT2D eigenvalue weighted by atomic mass is 35.5. The maximum absolute atomic E-state index is 5.85. The Morgan fingerprint density at radius 2 is 2.29 bits per heavy atom. The van der Waals surface area contributed by atoms with Crippen molar-refractivity contribution in [2.24, 2.45) is 0 Å². The number of benzene rings is 1. The fourth-order valence-corrected chi connectivity index (χ4v) is 1.41. The normalized spacial score (nSPS) is 12.5. The van der Waals surface area contributed by atoms with Gasteiger partial charge in [0.1, 0.15) is 11.9 Å². The summed E-state index contributed by atoms with van der Waals surface area (Å²) >= 11 is 5.85. The van der Waals surface area contributed by atoms with Crippen LogP contribution in [0.5, 0.6) is 5.75 Å². The van der Waals surface area contributed by atoms with Gasteiger partial charge in [-0.15, -0.1) is 0 Å². The highest BCUT2D eigenvalue weighted by Crippen LogP contribution is 2.18. The Kier molecular flexibility index (Phi) is 4.77. The van der Waals surface area contributed by atoms with Gasteiger partial charge in [0, 0.05) is 11.6 Å². The molecule has 1 N–H and O–H groups in total. The predicted molar refractivity (Wildman–Crippen MR) is 60.1 cm³/mol. The molecule has 0 aliphatic heterocycles. The summed E-state index contributed by atoms with van der Waals surface area (Å²) in [6.45, 7) is 2.95. The molecule has 0 aliphatic carbocycles. The van der Waals surface area contributed by atoms with Crippen LogP contribution in [-0.4, -0.2) is 19.7 Å². The summed E-state index contributed by atoms with van der Waals surface area (Å²) in [6, 6.07) is 7.49. The molecule has 78 valence electrons. The zero-order chi connectivity index (χ0) is 10.4. The molecule has 0 aromatic heterocycles. The lowest BCUT2D eigenvalue weighted by Crippen LogP contribution is -2.28. The lowest BCUT2D eigenvalue weighted by Gasteiger charge is -2.17. The largest absolute Gasteiger partial charge is 0.489 e. The fourth-order valence-electron chi connectivity index (χ4n) is 1.23. The van der Waals surface area contributed by atoms with Crippen molar-refractivity contribution in [1.82, 2.24) is 5.32 Å². The summed E-state index contributed by atoms with van der Waals surface area (Å²) in [7, 11) is 1.92. The van der Waals surface area contributed by atoms with E-state index in [-0.39, 0.29) is 6.10 Å². The molecule has 0 fully saturated rings. The van der Waals surface area contributed by atoms with Crippen LogP contribution in [0, 0.1) is 0 Å². The molecule has 1 aromatic carbocycles. The van der Waals surface area contributed by atoms with Gasteiger partial charge in [-0.25, -0.2) is 0 Å². The molecule has 0 bridgehead atoms. The average Bonchev–Trinajstić information content (AvgIpc) is 2.17. The van der Waals surface area contributed by atoms with E-state index in [2.05, 4.69) is 12.2 Å². The van der Waals surface area contributed by atoms with E-state index in [0.717, 1.165) is 18.7 Å². The quantitative estimate of drug-likeness (QED) is 0.812. The third kappa shape index (κ3) is 3.56. The molecule has 0 saturated heterocycles. The van der Waals surface area contributed by atoms with E-state index in [9.17, 15) is 0 Å². The van der Waals surface area contributed by atoms with E-state index in [1.54, 1.807) is 0 Å². The van der Waals surface area contributed by atoms with Crippen molar-refractivity contribution >= 4 is 11.6 Å². The molecule has 1 aromatic rings. The van der Waals surface area contributed by atoms with Crippen LogP contribution < -0.4 is 10.1 Å². The van der Waals surface area contributed by atoms with Crippen molar-refractivity contribution in [2.75, 3.05) is 13.6 Å². The number of ether oxygens (including phenoxy) is 1. The molecule has 1 unspecified atom stereocenters. The van der Waals surface area contributed by atoms with E-state index in [1.165, 1.54) is 0 Å². The molecule has 2 nitrogen and oxygen atoms in total. The first kappa shape index (κ1) is 11.3. The van der Waals surface area contributed by atoms with E-state index in [4.69, 9.17) is 16.3 Å². The first-order chi connectivity index (χ1) is 6.76. The first-order valence-corrected chi connectivity index (χ1v) is 5.21. The third-order valence-electron chi connectivity index (χ3n) is 1.99. The SMILES string of the molecule is CCC(CNC)Oc1cccc(Cl)c1. The van der Waals surface area contributed by atoms with Gasteiger partial charge in [0.05, 0.1) is 0 Å². The van der Waals surface area contributed by atoms with Gasteiger partial charge in [0.25, 0.3) is 0 Å². The summed E-state index contributed by atoms with van der Waals surface area (Å²) in [4.78, 5) is 0. The molecule has 0 saturated carbocycles. The maximum Gasteiger partial charge on any atom is 0.121 e. The molecule has 14 heavy (non-hydrogen) atoms. The van der Waals surface area contributed by atoms with Crippen LogP contribution in [0.3, 0.4) is 0 Å². The lowest BCUT2D eigenvalue weighted by atomic mass is 10.2. The molecule has 0 amide bonds. The second-order valence-electron chi connectivity index (χ2n) is 3.16. The molecular weight excluding hydrogens is 198 g/mol. The van der Waals surface area contributed by atoms with Crippen LogP contribution in [0.2, 0.25) is 5.02 Å². The molecule has 0 spiro atoms. The second-order valence-corrected chi connectivity index (χ2v) is 3.60. The number of nitrogens with one attached hydrogen (secondary N) is 1. The minimum absolute atomic E-state index is 0.207. The lowest BCUT2D eigenvalue weighted by molar-refractivity contribution is 0.196. The number of likely N-dealkylation sites (N-methyl/N-ethyl adjacent to an activating group) is 1. The molecule has 0 aliphatic rings.